The zero-order valence-corrected chi connectivity index (χ0v) is 11.6. The molecule has 2 N–H and O–H groups in total. The molecule has 96 valence electrons. The van der Waals surface area contributed by atoms with E-state index in [0.717, 1.165) is 38.8 Å². The first-order chi connectivity index (χ1) is 6.61. The number of rotatable bonds is 5. The Morgan fingerprint density at radius 2 is 2.19 bits per heavy atom. The third kappa shape index (κ3) is 4.15. The molecule has 0 bridgehead atoms. The van der Waals surface area contributed by atoms with Gasteiger partial charge in [0, 0.05) is 5.31 Å². The Morgan fingerprint density at radius 1 is 1.56 bits per heavy atom. The SMILES string of the molecule is BC(CCCC)(C(=O)O)[C@H]1CCNC1.Cl.Cl. The molecule has 16 heavy (non-hydrogen) atoms. The summed E-state index contributed by atoms with van der Waals surface area (Å²) in [5.41, 5.74) is 0. The Bertz CT molecular complexity index is 213. The quantitative estimate of drug-likeness (QED) is 0.744. The third-order valence-corrected chi connectivity index (χ3v) is 3.50. The number of carbonyl (C=O) groups is 1. The van der Waals surface area contributed by atoms with E-state index in [0.29, 0.717) is 5.92 Å². The van der Waals surface area contributed by atoms with Crippen molar-refractivity contribution in [1.82, 2.24) is 5.32 Å². The minimum absolute atomic E-state index is 0. The van der Waals surface area contributed by atoms with Gasteiger partial charge in [-0.05, 0) is 31.8 Å². The van der Waals surface area contributed by atoms with E-state index in [1.54, 1.807) is 0 Å². The summed E-state index contributed by atoms with van der Waals surface area (Å²) in [6.45, 7) is 3.95. The van der Waals surface area contributed by atoms with Gasteiger partial charge in [-0.25, -0.2) is 0 Å². The standard InChI is InChI=1S/C10H20BNO2.2ClH/c1-2-3-5-10(11,9(13)14)8-4-6-12-7-8;;/h8,12H,2-7,11H2,1H3,(H,13,14);2*1H/t8-,10?;;/m0../s1. The van der Waals surface area contributed by atoms with E-state index >= 15 is 0 Å². The van der Waals surface area contributed by atoms with Crippen LogP contribution in [0.1, 0.15) is 32.6 Å². The summed E-state index contributed by atoms with van der Waals surface area (Å²) >= 11 is 0. The van der Waals surface area contributed by atoms with E-state index in [9.17, 15) is 9.90 Å². The molecule has 0 amide bonds. The number of halogens is 2. The lowest BCUT2D eigenvalue weighted by Crippen LogP contribution is -2.33. The van der Waals surface area contributed by atoms with Gasteiger partial charge in [-0.3, -0.25) is 4.79 Å². The lowest BCUT2D eigenvalue weighted by molar-refractivity contribution is -0.142. The maximum atomic E-state index is 11.3. The van der Waals surface area contributed by atoms with Crippen molar-refractivity contribution in [2.75, 3.05) is 13.1 Å². The summed E-state index contributed by atoms with van der Waals surface area (Å²) in [5, 5.41) is 12.0. The molecule has 1 aliphatic rings. The second-order valence-electron chi connectivity index (χ2n) is 4.52. The van der Waals surface area contributed by atoms with Crippen molar-refractivity contribution in [1.29, 1.82) is 0 Å². The highest BCUT2D eigenvalue weighted by Crippen LogP contribution is 2.41. The number of carboxylic acid groups (broad SMARTS) is 1. The maximum absolute atomic E-state index is 11.3. The van der Waals surface area contributed by atoms with Crippen molar-refractivity contribution in [2.24, 2.45) is 5.92 Å². The summed E-state index contributed by atoms with van der Waals surface area (Å²) < 4.78 is 0. The van der Waals surface area contributed by atoms with Crippen LogP contribution in [0, 0.1) is 5.92 Å². The van der Waals surface area contributed by atoms with Gasteiger partial charge in [-0.1, -0.05) is 19.8 Å². The van der Waals surface area contributed by atoms with E-state index in [1.807, 2.05) is 7.85 Å². The summed E-state index contributed by atoms with van der Waals surface area (Å²) in [7, 11) is 1.91. The first kappa shape index (κ1) is 18.4. The number of hydrogen-bond acceptors (Lipinski definition) is 2. The number of hydrogen-bond donors (Lipinski definition) is 2. The van der Waals surface area contributed by atoms with Crippen molar-refractivity contribution in [3.05, 3.63) is 0 Å². The Balaban J connectivity index is 0. The van der Waals surface area contributed by atoms with Gasteiger partial charge in [0.15, 0.2) is 0 Å². The molecule has 3 nitrogen and oxygen atoms in total. The van der Waals surface area contributed by atoms with E-state index in [1.165, 1.54) is 0 Å². The fourth-order valence-electron chi connectivity index (χ4n) is 2.23. The van der Waals surface area contributed by atoms with E-state index in [2.05, 4.69) is 12.2 Å². The first-order valence-corrected chi connectivity index (χ1v) is 5.55. The Morgan fingerprint density at radius 3 is 2.56 bits per heavy atom. The molecule has 0 saturated carbocycles. The highest BCUT2D eigenvalue weighted by atomic mass is 35.5. The predicted octanol–water partition coefficient (Wildman–Crippen LogP) is 1.51. The number of carboxylic acids is 1. The van der Waals surface area contributed by atoms with Gasteiger partial charge in [-0.2, -0.15) is 0 Å². The number of unbranched alkanes of at least 4 members (excludes halogenated alkanes) is 1. The molecule has 0 spiro atoms. The van der Waals surface area contributed by atoms with Crippen molar-refractivity contribution >= 4 is 38.6 Å². The van der Waals surface area contributed by atoms with Crippen molar-refractivity contribution in [3.8, 4) is 0 Å². The Kier molecular flexibility index (Phi) is 9.46. The first-order valence-electron chi connectivity index (χ1n) is 5.55. The van der Waals surface area contributed by atoms with Crippen LogP contribution in [-0.4, -0.2) is 32.0 Å². The molecule has 1 rings (SSSR count). The van der Waals surface area contributed by atoms with Gasteiger partial charge >= 0.3 is 5.97 Å². The fraction of sp³-hybridized carbons (Fsp3) is 0.900. The normalized spacial score (nSPS) is 22.7. The van der Waals surface area contributed by atoms with Crippen LogP contribution >= 0.6 is 24.8 Å². The predicted molar refractivity (Wildman–Crippen MR) is 73.9 cm³/mol. The molecule has 0 aromatic carbocycles. The van der Waals surface area contributed by atoms with Crippen LogP contribution in [0.2, 0.25) is 5.31 Å². The fourth-order valence-corrected chi connectivity index (χ4v) is 2.23. The molecule has 0 radical (unpaired) electrons. The maximum Gasteiger partial charge on any atom is 0.301 e. The molecule has 1 unspecified atom stereocenters. The van der Waals surface area contributed by atoms with Crippen LogP contribution in [0.5, 0.6) is 0 Å². The van der Waals surface area contributed by atoms with Gasteiger partial charge in [-0.15, -0.1) is 24.8 Å². The zero-order chi connectivity index (χ0) is 10.6. The molecule has 1 saturated heterocycles. The van der Waals surface area contributed by atoms with E-state index < -0.39 is 11.3 Å². The zero-order valence-electron chi connectivity index (χ0n) is 9.99. The third-order valence-electron chi connectivity index (χ3n) is 3.50. The van der Waals surface area contributed by atoms with Crippen LogP contribution in [0.3, 0.4) is 0 Å². The topological polar surface area (TPSA) is 49.3 Å². The lowest BCUT2D eigenvalue weighted by atomic mass is 9.57. The van der Waals surface area contributed by atoms with Crippen LogP contribution in [0.4, 0.5) is 0 Å². The molecule has 0 aromatic rings. The smallest absolute Gasteiger partial charge is 0.301 e. The largest absolute Gasteiger partial charge is 0.481 e. The molecule has 1 heterocycles. The highest BCUT2D eigenvalue weighted by molar-refractivity contribution is 6.27. The minimum Gasteiger partial charge on any atom is -0.481 e. The summed E-state index contributed by atoms with van der Waals surface area (Å²) in [5.74, 6) is -0.314. The Labute approximate surface area is 111 Å². The van der Waals surface area contributed by atoms with Crippen molar-refractivity contribution in [2.45, 2.75) is 37.9 Å². The monoisotopic (exact) mass is 269 g/mol. The summed E-state index contributed by atoms with van der Waals surface area (Å²) in [4.78, 5) is 11.3. The molecule has 2 atom stereocenters. The average Bonchev–Trinajstić information content (AvgIpc) is 2.66. The van der Waals surface area contributed by atoms with Gasteiger partial charge in [0.05, 0.1) is 0 Å². The molecule has 1 fully saturated rings. The van der Waals surface area contributed by atoms with Gasteiger partial charge in [0.25, 0.3) is 0 Å². The Hall–Kier alpha value is 0.0749. The van der Waals surface area contributed by atoms with Crippen LogP contribution in [-0.2, 0) is 4.79 Å². The molecular weight excluding hydrogens is 248 g/mol. The van der Waals surface area contributed by atoms with Crippen LogP contribution in [0.25, 0.3) is 0 Å². The average molecular weight is 270 g/mol. The van der Waals surface area contributed by atoms with Gasteiger partial charge < -0.3 is 10.4 Å². The van der Waals surface area contributed by atoms with Gasteiger partial charge in [0.1, 0.15) is 7.85 Å². The van der Waals surface area contributed by atoms with Crippen LogP contribution < -0.4 is 5.32 Å². The van der Waals surface area contributed by atoms with Crippen LogP contribution in [0.15, 0.2) is 0 Å². The molecule has 0 aromatic heterocycles. The second kappa shape index (κ2) is 8.21. The number of aliphatic carboxylic acids is 1. The second-order valence-corrected chi connectivity index (χ2v) is 4.52. The summed E-state index contributed by atoms with van der Waals surface area (Å²) in [6.07, 6.45) is 3.90. The van der Waals surface area contributed by atoms with E-state index in [-0.39, 0.29) is 24.8 Å². The minimum atomic E-state index is -0.625. The van der Waals surface area contributed by atoms with Crippen molar-refractivity contribution in [3.63, 3.8) is 0 Å². The van der Waals surface area contributed by atoms with Crippen molar-refractivity contribution < 1.29 is 9.90 Å². The summed E-state index contributed by atoms with van der Waals surface area (Å²) in [6, 6.07) is 0. The highest BCUT2D eigenvalue weighted by Gasteiger charge is 2.41. The molecular formula is C10H22BCl2NO2. The lowest BCUT2D eigenvalue weighted by Gasteiger charge is -2.30. The molecule has 0 aliphatic carbocycles. The van der Waals surface area contributed by atoms with Gasteiger partial charge in [0.2, 0.25) is 0 Å². The molecule has 6 heteroatoms. The number of nitrogens with one attached hydrogen (secondary N) is 1. The van der Waals surface area contributed by atoms with E-state index in [4.69, 9.17) is 0 Å². The molecule has 1 aliphatic heterocycles.